The van der Waals surface area contributed by atoms with Crippen molar-refractivity contribution in [3.63, 3.8) is 0 Å². The van der Waals surface area contributed by atoms with Crippen LogP contribution in [-0.2, 0) is 0 Å². The van der Waals surface area contributed by atoms with Crippen LogP contribution in [0.4, 0.5) is 5.69 Å². The van der Waals surface area contributed by atoms with Gasteiger partial charge in [0.2, 0.25) is 0 Å². The lowest BCUT2D eigenvalue weighted by atomic mass is 9.98. The molecule has 3 aliphatic rings. The fourth-order valence-electron chi connectivity index (χ4n) is 5.91. The molecule has 0 saturated carbocycles. The normalized spacial score (nSPS) is 19.3. The third kappa shape index (κ3) is 7.33. The summed E-state index contributed by atoms with van der Waals surface area (Å²) in [6.45, 7) is 11.2. The van der Waals surface area contributed by atoms with Gasteiger partial charge in [-0.25, -0.2) is 0 Å². The molecule has 7 heteroatoms. The molecule has 3 saturated heterocycles. The van der Waals surface area contributed by atoms with E-state index in [0.29, 0.717) is 30.1 Å². The van der Waals surface area contributed by atoms with Gasteiger partial charge >= 0.3 is 0 Å². The number of carbonyl (C=O) groups excluding carboxylic acids is 2. The van der Waals surface area contributed by atoms with Gasteiger partial charge in [0.05, 0.1) is 6.61 Å². The Hall–Kier alpha value is -3.06. The largest absolute Gasteiger partial charge is 0.494 e. The van der Waals surface area contributed by atoms with E-state index >= 15 is 0 Å². The van der Waals surface area contributed by atoms with Gasteiger partial charge in [0, 0.05) is 62.6 Å². The predicted molar refractivity (Wildman–Crippen MR) is 156 cm³/mol. The molecule has 0 bridgehead atoms. The quantitative estimate of drug-likeness (QED) is 0.458. The summed E-state index contributed by atoms with van der Waals surface area (Å²) >= 11 is 0. The maximum atomic E-state index is 13.1. The zero-order valence-electron chi connectivity index (χ0n) is 23.5. The fraction of sp³-hybridized carbons (Fsp3) is 0.562. The molecule has 0 spiro atoms. The second-order valence-corrected chi connectivity index (χ2v) is 11.4. The van der Waals surface area contributed by atoms with Crippen molar-refractivity contribution in [3.05, 3.63) is 59.7 Å². The predicted octanol–water partition coefficient (Wildman–Crippen LogP) is 4.78. The number of carbonyl (C=O) groups is 2. The van der Waals surface area contributed by atoms with Gasteiger partial charge < -0.3 is 24.3 Å². The molecule has 7 nitrogen and oxygen atoms in total. The molecule has 0 unspecified atom stereocenters. The summed E-state index contributed by atoms with van der Waals surface area (Å²) in [4.78, 5) is 34.7. The maximum Gasteiger partial charge on any atom is 0.253 e. The standard InChI is InChI=1S/C32H44N4O3/c1-26-14-19-35(20-15-26)31(37)27-6-8-28(9-7-27)32(38)36-23-21-34(22-24-36)29-10-12-30(13-11-29)39-25-5-18-33-16-3-2-4-17-33/h6-13,26H,2-5,14-25H2,1H3. The van der Waals surface area contributed by atoms with Gasteiger partial charge in [-0.1, -0.05) is 13.3 Å². The van der Waals surface area contributed by atoms with Crippen LogP contribution in [0.25, 0.3) is 0 Å². The summed E-state index contributed by atoms with van der Waals surface area (Å²) in [5.74, 6) is 1.71. The van der Waals surface area contributed by atoms with E-state index in [9.17, 15) is 9.59 Å². The average molecular weight is 533 g/mol. The zero-order chi connectivity index (χ0) is 27.0. The molecule has 2 amide bonds. The van der Waals surface area contributed by atoms with Gasteiger partial charge in [-0.2, -0.15) is 0 Å². The first-order chi connectivity index (χ1) is 19.1. The molecular weight excluding hydrogens is 488 g/mol. The van der Waals surface area contributed by atoms with Gasteiger partial charge in [0.25, 0.3) is 11.8 Å². The van der Waals surface area contributed by atoms with Crippen molar-refractivity contribution in [3.8, 4) is 5.75 Å². The van der Waals surface area contributed by atoms with Crippen molar-refractivity contribution in [2.24, 2.45) is 5.92 Å². The van der Waals surface area contributed by atoms with Crippen molar-refractivity contribution >= 4 is 17.5 Å². The van der Waals surface area contributed by atoms with Crippen LogP contribution in [0.2, 0.25) is 0 Å². The van der Waals surface area contributed by atoms with Crippen LogP contribution in [0, 0.1) is 5.92 Å². The topological polar surface area (TPSA) is 56.3 Å². The Bertz CT molecular complexity index is 1070. The number of ether oxygens (including phenoxy) is 1. The van der Waals surface area contributed by atoms with Crippen LogP contribution in [0.15, 0.2) is 48.5 Å². The van der Waals surface area contributed by atoms with E-state index in [1.54, 1.807) is 24.3 Å². The first-order valence-electron chi connectivity index (χ1n) is 15.0. The van der Waals surface area contributed by atoms with E-state index in [1.807, 2.05) is 9.80 Å². The van der Waals surface area contributed by atoms with Crippen LogP contribution < -0.4 is 9.64 Å². The van der Waals surface area contributed by atoms with Crippen LogP contribution in [-0.4, -0.2) is 92.0 Å². The first-order valence-corrected chi connectivity index (χ1v) is 15.0. The van der Waals surface area contributed by atoms with Crippen LogP contribution in [0.3, 0.4) is 0 Å². The number of hydrogen-bond donors (Lipinski definition) is 0. The molecule has 0 N–H and O–H groups in total. The molecular formula is C32H44N4O3. The Morgan fingerprint density at radius 1 is 0.718 bits per heavy atom. The number of nitrogens with zero attached hydrogens (tertiary/aromatic N) is 4. The SMILES string of the molecule is CC1CCN(C(=O)c2ccc(C(=O)N3CCN(c4ccc(OCCCN5CCCCC5)cc4)CC3)cc2)CC1. The molecule has 0 aliphatic carbocycles. The van der Waals surface area contributed by atoms with Gasteiger partial charge in [-0.15, -0.1) is 0 Å². The number of rotatable bonds is 8. The Labute approximate surface area is 233 Å². The third-order valence-corrected chi connectivity index (χ3v) is 8.55. The smallest absolute Gasteiger partial charge is 0.253 e. The summed E-state index contributed by atoms with van der Waals surface area (Å²) in [7, 11) is 0. The minimum atomic E-state index is 0.0359. The van der Waals surface area contributed by atoms with Gasteiger partial charge in [0.1, 0.15) is 5.75 Å². The highest BCUT2D eigenvalue weighted by Gasteiger charge is 2.24. The van der Waals surface area contributed by atoms with Crippen LogP contribution in [0.1, 0.15) is 66.2 Å². The molecule has 210 valence electrons. The number of amides is 2. The summed E-state index contributed by atoms with van der Waals surface area (Å²) in [5, 5.41) is 0. The minimum absolute atomic E-state index is 0.0359. The molecule has 3 fully saturated rings. The fourth-order valence-corrected chi connectivity index (χ4v) is 5.91. The molecule has 3 aliphatic heterocycles. The van der Waals surface area contributed by atoms with Crippen LogP contribution in [0.5, 0.6) is 5.75 Å². The molecule has 0 aromatic heterocycles. The first kappa shape index (κ1) is 27.5. The van der Waals surface area contributed by atoms with Crippen molar-refractivity contribution in [2.75, 3.05) is 70.4 Å². The lowest BCUT2D eigenvalue weighted by molar-refractivity contribution is 0.0694. The number of benzene rings is 2. The van der Waals surface area contributed by atoms with Crippen molar-refractivity contribution < 1.29 is 14.3 Å². The highest BCUT2D eigenvalue weighted by molar-refractivity contribution is 5.98. The van der Waals surface area contributed by atoms with Crippen molar-refractivity contribution in [2.45, 2.75) is 45.4 Å². The Morgan fingerprint density at radius 2 is 1.28 bits per heavy atom. The van der Waals surface area contributed by atoms with E-state index in [-0.39, 0.29) is 11.8 Å². The second-order valence-electron chi connectivity index (χ2n) is 11.4. The Morgan fingerprint density at radius 3 is 1.87 bits per heavy atom. The lowest BCUT2D eigenvalue weighted by Gasteiger charge is -2.36. The Balaban J connectivity index is 1.05. The Kier molecular flexibility index (Phi) is 9.40. The number of piperazine rings is 1. The molecule has 2 aromatic carbocycles. The number of piperidine rings is 2. The van der Waals surface area contributed by atoms with E-state index in [0.717, 1.165) is 70.0 Å². The van der Waals surface area contributed by atoms with E-state index in [4.69, 9.17) is 4.74 Å². The van der Waals surface area contributed by atoms with E-state index in [2.05, 4.69) is 41.0 Å². The average Bonchev–Trinajstić information content (AvgIpc) is 3.00. The highest BCUT2D eigenvalue weighted by Crippen LogP contribution is 2.22. The summed E-state index contributed by atoms with van der Waals surface area (Å²) in [6, 6.07) is 15.6. The van der Waals surface area contributed by atoms with Crippen molar-refractivity contribution in [1.82, 2.24) is 14.7 Å². The molecule has 0 atom stereocenters. The van der Waals surface area contributed by atoms with Crippen LogP contribution >= 0.6 is 0 Å². The molecule has 0 radical (unpaired) electrons. The lowest BCUT2D eigenvalue weighted by Crippen LogP contribution is -2.48. The second kappa shape index (κ2) is 13.3. The maximum absolute atomic E-state index is 13.1. The van der Waals surface area contributed by atoms with Crippen molar-refractivity contribution in [1.29, 1.82) is 0 Å². The highest BCUT2D eigenvalue weighted by atomic mass is 16.5. The van der Waals surface area contributed by atoms with Gasteiger partial charge in [-0.05, 0) is 99.6 Å². The van der Waals surface area contributed by atoms with Gasteiger partial charge in [-0.3, -0.25) is 9.59 Å². The minimum Gasteiger partial charge on any atom is -0.494 e. The summed E-state index contributed by atoms with van der Waals surface area (Å²) < 4.78 is 5.98. The van der Waals surface area contributed by atoms with E-state index in [1.165, 1.54) is 32.4 Å². The number of hydrogen-bond acceptors (Lipinski definition) is 5. The summed E-state index contributed by atoms with van der Waals surface area (Å²) in [5.41, 5.74) is 2.48. The molecule has 3 heterocycles. The molecule has 5 rings (SSSR count). The van der Waals surface area contributed by atoms with E-state index < -0.39 is 0 Å². The molecule has 39 heavy (non-hydrogen) atoms. The monoisotopic (exact) mass is 532 g/mol. The van der Waals surface area contributed by atoms with Gasteiger partial charge in [0.15, 0.2) is 0 Å². The third-order valence-electron chi connectivity index (χ3n) is 8.55. The number of anilines is 1. The summed E-state index contributed by atoms with van der Waals surface area (Å²) in [6.07, 6.45) is 7.22. The molecule has 2 aromatic rings. The number of likely N-dealkylation sites (tertiary alicyclic amines) is 2. The zero-order valence-corrected chi connectivity index (χ0v) is 23.5.